The minimum absolute atomic E-state index is 0.874. The van der Waals surface area contributed by atoms with Crippen molar-refractivity contribution in [3.05, 3.63) is 0 Å². The van der Waals surface area contributed by atoms with Crippen LogP contribution in [-0.2, 0) is 0 Å². The molecule has 0 heteroatoms. The first-order valence-corrected chi connectivity index (χ1v) is 8.12. The van der Waals surface area contributed by atoms with Crippen LogP contribution < -0.4 is 0 Å². The van der Waals surface area contributed by atoms with E-state index in [0.717, 1.165) is 30.1 Å². The predicted molar refractivity (Wildman–Crippen MR) is 81.4 cm³/mol. The van der Waals surface area contributed by atoms with Crippen molar-refractivity contribution in [3.63, 3.8) is 0 Å². The van der Waals surface area contributed by atoms with Crippen molar-refractivity contribution >= 4 is 0 Å². The Kier molecular flexibility index (Phi) is 7.48. The molecule has 2 unspecified atom stereocenters. The van der Waals surface area contributed by atoms with Crippen molar-refractivity contribution in [1.82, 2.24) is 0 Å². The van der Waals surface area contributed by atoms with Crippen LogP contribution in [0.1, 0.15) is 78.6 Å². The number of unbranched alkanes of at least 4 members (excludes halogenated alkanes) is 1. The highest BCUT2D eigenvalue weighted by Gasteiger charge is 2.28. The zero-order valence-electron chi connectivity index (χ0n) is 12.8. The SMILES string of the molecule is C#CCCC(CCCC)C(C)C1CCC(C)CC1. The Hall–Kier alpha value is -0.440. The van der Waals surface area contributed by atoms with E-state index < -0.39 is 0 Å². The Morgan fingerprint density at radius 1 is 1.17 bits per heavy atom. The molecule has 1 fully saturated rings. The second-order valence-electron chi connectivity index (χ2n) is 6.52. The highest BCUT2D eigenvalue weighted by Crippen LogP contribution is 2.38. The summed E-state index contributed by atoms with van der Waals surface area (Å²) in [4.78, 5) is 0. The van der Waals surface area contributed by atoms with Crippen LogP contribution in [0.3, 0.4) is 0 Å². The van der Waals surface area contributed by atoms with Gasteiger partial charge in [-0.2, -0.15) is 0 Å². The molecule has 104 valence electrons. The van der Waals surface area contributed by atoms with Crippen molar-refractivity contribution < 1.29 is 0 Å². The number of terminal acetylenes is 1. The molecule has 0 nitrogen and oxygen atoms in total. The molecule has 0 aliphatic heterocycles. The van der Waals surface area contributed by atoms with E-state index in [4.69, 9.17) is 6.42 Å². The zero-order chi connectivity index (χ0) is 13.4. The minimum atomic E-state index is 0.874. The van der Waals surface area contributed by atoms with Gasteiger partial charge in [0.05, 0.1) is 0 Å². The van der Waals surface area contributed by atoms with Crippen molar-refractivity contribution in [2.75, 3.05) is 0 Å². The third-order valence-electron chi connectivity index (χ3n) is 5.14. The fourth-order valence-corrected chi connectivity index (χ4v) is 3.60. The van der Waals surface area contributed by atoms with Gasteiger partial charge in [0.1, 0.15) is 0 Å². The molecular formula is C18H32. The lowest BCUT2D eigenvalue weighted by Crippen LogP contribution is -2.25. The summed E-state index contributed by atoms with van der Waals surface area (Å²) in [5, 5.41) is 0. The van der Waals surface area contributed by atoms with Crippen LogP contribution in [0.15, 0.2) is 0 Å². The van der Waals surface area contributed by atoms with Crippen molar-refractivity contribution in [3.8, 4) is 12.3 Å². The molecule has 0 aromatic rings. The van der Waals surface area contributed by atoms with Crippen LogP contribution in [0.2, 0.25) is 0 Å². The molecule has 2 atom stereocenters. The molecule has 0 heterocycles. The first-order valence-electron chi connectivity index (χ1n) is 8.12. The van der Waals surface area contributed by atoms with Gasteiger partial charge in [-0.25, -0.2) is 0 Å². The van der Waals surface area contributed by atoms with Crippen LogP contribution >= 0.6 is 0 Å². The molecule has 0 bridgehead atoms. The molecule has 0 N–H and O–H groups in total. The smallest absolute Gasteiger partial charge is 0.00887 e. The Bertz CT molecular complexity index is 239. The summed E-state index contributed by atoms with van der Waals surface area (Å²) < 4.78 is 0. The van der Waals surface area contributed by atoms with Gasteiger partial charge in [-0.05, 0) is 42.9 Å². The molecule has 0 amide bonds. The maximum atomic E-state index is 5.45. The number of hydrogen-bond donors (Lipinski definition) is 0. The second kappa shape index (κ2) is 8.63. The fraction of sp³-hybridized carbons (Fsp3) is 0.889. The van der Waals surface area contributed by atoms with Gasteiger partial charge in [-0.3, -0.25) is 0 Å². The quantitative estimate of drug-likeness (QED) is 0.509. The normalized spacial score (nSPS) is 27.4. The fourth-order valence-electron chi connectivity index (χ4n) is 3.60. The Morgan fingerprint density at radius 3 is 2.39 bits per heavy atom. The predicted octanol–water partition coefficient (Wildman–Crippen LogP) is 5.67. The van der Waals surface area contributed by atoms with E-state index in [9.17, 15) is 0 Å². The molecule has 0 saturated heterocycles. The summed E-state index contributed by atoms with van der Waals surface area (Å²) >= 11 is 0. The summed E-state index contributed by atoms with van der Waals surface area (Å²) in [6, 6.07) is 0. The van der Waals surface area contributed by atoms with E-state index >= 15 is 0 Å². The first-order chi connectivity index (χ1) is 8.69. The summed E-state index contributed by atoms with van der Waals surface area (Å²) in [6.07, 6.45) is 17.6. The van der Waals surface area contributed by atoms with Gasteiger partial charge < -0.3 is 0 Å². The van der Waals surface area contributed by atoms with Crippen molar-refractivity contribution in [2.45, 2.75) is 78.6 Å². The average molecular weight is 248 g/mol. The van der Waals surface area contributed by atoms with Gasteiger partial charge in [-0.1, -0.05) is 52.9 Å². The van der Waals surface area contributed by atoms with Gasteiger partial charge in [0, 0.05) is 6.42 Å². The molecule has 1 rings (SSSR count). The standard InChI is InChI=1S/C18H32/c1-5-7-9-17(10-8-6-2)16(4)18-13-11-15(3)12-14-18/h1,15-18H,6-14H2,2-4H3. The molecule has 0 radical (unpaired) electrons. The number of rotatable bonds is 7. The highest BCUT2D eigenvalue weighted by molar-refractivity contribution is 4.86. The van der Waals surface area contributed by atoms with E-state index in [0.29, 0.717) is 0 Å². The zero-order valence-corrected chi connectivity index (χ0v) is 12.8. The van der Waals surface area contributed by atoms with Crippen molar-refractivity contribution in [2.24, 2.45) is 23.7 Å². The van der Waals surface area contributed by atoms with E-state index in [1.54, 1.807) is 0 Å². The molecule has 0 aromatic heterocycles. The monoisotopic (exact) mass is 248 g/mol. The third kappa shape index (κ3) is 5.05. The third-order valence-corrected chi connectivity index (χ3v) is 5.14. The minimum Gasteiger partial charge on any atom is -0.120 e. The van der Waals surface area contributed by atoms with Crippen molar-refractivity contribution in [1.29, 1.82) is 0 Å². The van der Waals surface area contributed by atoms with Gasteiger partial charge in [-0.15, -0.1) is 12.3 Å². The number of hydrogen-bond acceptors (Lipinski definition) is 0. The van der Waals surface area contributed by atoms with E-state index in [-0.39, 0.29) is 0 Å². The maximum Gasteiger partial charge on any atom is 0.00887 e. The molecule has 0 aromatic carbocycles. The lowest BCUT2D eigenvalue weighted by atomic mass is 9.70. The summed E-state index contributed by atoms with van der Waals surface area (Å²) in [7, 11) is 0. The largest absolute Gasteiger partial charge is 0.120 e. The Balaban J connectivity index is 2.46. The summed E-state index contributed by atoms with van der Waals surface area (Å²) in [5.41, 5.74) is 0. The highest BCUT2D eigenvalue weighted by atomic mass is 14.3. The lowest BCUT2D eigenvalue weighted by Gasteiger charge is -2.35. The molecule has 1 saturated carbocycles. The van der Waals surface area contributed by atoms with Gasteiger partial charge in [0.25, 0.3) is 0 Å². The first kappa shape index (κ1) is 15.6. The summed E-state index contributed by atoms with van der Waals surface area (Å²) in [5.74, 6) is 6.54. The van der Waals surface area contributed by atoms with Gasteiger partial charge >= 0.3 is 0 Å². The van der Waals surface area contributed by atoms with Gasteiger partial charge in [0.15, 0.2) is 0 Å². The Labute approximate surface area is 115 Å². The van der Waals surface area contributed by atoms with Crippen LogP contribution in [0.5, 0.6) is 0 Å². The van der Waals surface area contributed by atoms with E-state index in [1.165, 1.54) is 51.4 Å². The molecule has 1 aliphatic rings. The van der Waals surface area contributed by atoms with Crippen LogP contribution in [0.25, 0.3) is 0 Å². The average Bonchev–Trinajstić information content (AvgIpc) is 2.39. The van der Waals surface area contributed by atoms with Gasteiger partial charge in [0.2, 0.25) is 0 Å². The lowest BCUT2D eigenvalue weighted by molar-refractivity contribution is 0.157. The topological polar surface area (TPSA) is 0 Å². The second-order valence-corrected chi connectivity index (χ2v) is 6.52. The molecule has 0 spiro atoms. The van der Waals surface area contributed by atoms with Crippen LogP contribution in [-0.4, -0.2) is 0 Å². The van der Waals surface area contributed by atoms with E-state index in [2.05, 4.69) is 26.7 Å². The Morgan fingerprint density at radius 2 is 1.83 bits per heavy atom. The summed E-state index contributed by atoms with van der Waals surface area (Å²) in [6.45, 7) is 7.20. The molecule has 18 heavy (non-hydrogen) atoms. The maximum absolute atomic E-state index is 5.45. The van der Waals surface area contributed by atoms with Crippen LogP contribution in [0, 0.1) is 36.0 Å². The molecule has 1 aliphatic carbocycles. The van der Waals surface area contributed by atoms with Crippen LogP contribution in [0.4, 0.5) is 0 Å². The molecular weight excluding hydrogens is 216 g/mol. The van der Waals surface area contributed by atoms with E-state index in [1.807, 2.05) is 0 Å².